The van der Waals surface area contributed by atoms with E-state index in [0.717, 1.165) is 50.9 Å². The number of pyridine rings is 1. The minimum Gasteiger partial charge on any atom is -0.357 e. The number of hydrogen-bond donors (Lipinski definition) is 2. The number of aliphatic imine (C=N–C) groups is 1. The van der Waals surface area contributed by atoms with Gasteiger partial charge in [-0.25, -0.2) is 0 Å². The van der Waals surface area contributed by atoms with Gasteiger partial charge in [-0.05, 0) is 44.6 Å². The second-order valence-corrected chi connectivity index (χ2v) is 7.27. The highest BCUT2D eigenvalue weighted by atomic mass is 127. The maximum Gasteiger partial charge on any atom is 0.250 e. The Hall–Kier alpha value is -1.05. The number of guanidine groups is 1. The van der Waals surface area contributed by atoms with E-state index in [1.54, 1.807) is 16.7 Å². The Kier molecular flexibility index (Phi) is 13.3. The minimum atomic E-state index is 0. The van der Waals surface area contributed by atoms with Crippen molar-refractivity contribution < 1.29 is 0 Å². The average molecular weight is 488 g/mol. The van der Waals surface area contributed by atoms with Crippen molar-refractivity contribution in [2.24, 2.45) is 10.9 Å². The zero-order valence-corrected chi connectivity index (χ0v) is 19.1. The molecular formula is C21H37IN4O. The maximum absolute atomic E-state index is 11.7. The molecule has 1 aliphatic carbocycles. The SMILES string of the molecule is CCNC(=NCCCC1CCCCC1)NCCCCn1ccccc1=O.I. The molecule has 5 nitrogen and oxygen atoms in total. The van der Waals surface area contributed by atoms with Crippen LogP contribution in [0.4, 0.5) is 0 Å². The van der Waals surface area contributed by atoms with Crippen LogP contribution in [0, 0.1) is 5.92 Å². The zero-order chi connectivity index (χ0) is 18.5. The van der Waals surface area contributed by atoms with Gasteiger partial charge in [-0.1, -0.05) is 38.2 Å². The topological polar surface area (TPSA) is 58.4 Å². The summed E-state index contributed by atoms with van der Waals surface area (Å²) >= 11 is 0. The van der Waals surface area contributed by atoms with Gasteiger partial charge in [0.1, 0.15) is 0 Å². The number of hydrogen-bond acceptors (Lipinski definition) is 2. The highest BCUT2D eigenvalue weighted by Gasteiger charge is 2.12. The third-order valence-corrected chi connectivity index (χ3v) is 5.13. The van der Waals surface area contributed by atoms with Crippen LogP contribution in [-0.4, -0.2) is 30.2 Å². The third kappa shape index (κ3) is 10.2. The number of unbranched alkanes of at least 4 members (excludes halogenated alkanes) is 1. The van der Waals surface area contributed by atoms with Crippen LogP contribution < -0.4 is 16.2 Å². The summed E-state index contributed by atoms with van der Waals surface area (Å²) in [4.78, 5) is 16.4. The molecule has 154 valence electrons. The van der Waals surface area contributed by atoms with Gasteiger partial charge in [-0.15, -0.1) is 24.0 Å². The lowest BCUT2D eigenvalue weighted by molar-refractivity contribution is 0.334. The summed E-state index contributed by atoms with van der Waals surface area (Å²) in [7, 11) is 0. The number of nitrogens with one attached hydrogen (secondary N) is 2. The normalized spacial score (nSPS) is 15.2. The van der Waals surface area contributed by atoms with Crippen molar-refractivity contribution in [3.63, 3.8) is 0 Å². The summed E-state index contributed by atoms with van der Waals surface area (Å²) in [6.07, 6.45) is 13.5. The number of halogens is 1. The summed E-state index contributed by atoms with van der Waals surface area (Å²) in [6, 6.07) is 5.30. The molecule has 0 aromatic carbocycles. The van der Waals surface area contributed by atoms with Gasteiger partial charge in [-0.3, -0.25) is 9.79 Å². The predicted molar refractivity (Wildman–Crippen MR) is 125 cm³/mol. The first-order chi connectivity index (χ1) is 12.8. The van der Waals surface area contributed by atoms with Crippen LogP contribution in [0.25, 0.3) is 0 Å². The van der Waals surface area contributed by atoms with Crippen molar-refractivity contribution in [2.45, 2.75) is 71.3 Å². The van der Waals surface area contributed by atoms with Gasteiger partial charge in [0.25, 0.3) is 0 Å². The van der Waals surface area contributed by atoms with Crippen LogP contribution >= 0.6 is 24.0 Å². The van der Waals surface area contributed by atoms with Crippen molar-refractivity contribution >= 4 is 29.9 Å². The van der Waals surface area contributed by atoms with Gasteiger partial charge in [0.2, 0.25) is 5.56 Å². The summed E-state index contributed by atoms with van der Waals surface area (Å²) in [5.41, 5.74) is 0.0772. The lowest BCUT2D eigenvalue weighted by Gasteiger charge is -2.20. The molecule has 1 fully saturated rings. The van der Waals surface area contributed by atoms with Crippen molar-refractivity contribution in [2.75, 3.05) is 19.6 Å². The van der Waals surface area contributed by atoms with Crippen LogP contribution in [0.5, 0.6) is 0 Å². The smallest absolute Gasteiger partial charge is 0.250 e. The largest absolute Gasteiger partial charge is 0.357 e. The van der Waals surface area contributed by atoms with Gasteiger partial charge in [0, 0.05) is 38.4 Å². The standard InChI is InChI=1S/C21H36N4O.HI/c1-2-22-21(24-16-10-13-19-11-4-3-5-12-19)23-15-7-9-18-25-17-8-6-14-20(25)26;/h6,8,14,17,19H,2-5,7,9-13,15-16,18H2,1H3,(H2,22,23,24);1H. The van der Waals surface area contributed by atoms with Crippen molar-refractivity contribution in [3.8, 4) is 0 Å². The highest BCUT2D eigenvalue weighted by Crippen LogP contribution is 2.27. The Morgan fingerprint density at radius 3 is 2.70 bits per heavy atom. The highest BCUT2D eigenvalue weighted by molar-refractivity contribution is 14.0. The Balaban J connectivity index is 0.00000364. The fourth-order valence-electron chi connectivity index (χ4n) is 3.65. The maximum atomic E-state index is 11.7. The molecule has 2 rings (SSSR count). The van der Waals surface area contributed by atoms with E-state index in [-0.39, 0.29) is 29.5 Å². The summed E-state index contributed by atoms with van der Waals surface area (Å²) in [5, 5.41) is 6.73. The molecule has 0 amide bonds. The molecule has 1 aliphatic rings. The van der Waals surface area contributed by atoms with Gasteiger partial charge < -0.3 is 15.2 Å². The minimum absolute atomic E-state index is 0. The van der Waals surface area contributed by atoms with E-state index in [9.17, 15) is 4.79 Å². The second-order valence-electron chi connectivity index (χ2n) is 7.27. The molecule has 1 heterocycles. The Morgan fingerprint density at radius 1 is 1.15 bits per heavy atom. The molecule has 1 saturated carbocycles. The number of nitrogens with zero attached hydrogens (tertiary/aromatic N) is 2. The molecule has 0 aliphatic heterocycles. The first-order valence-electron chi connectivity index (χ1n) is 10.5. The third-order valence-electron chi connectivity index (χ3n) is 5.13. The van der Waals surface area contributed by atoms with Crippen molar-refractivity contribution in [3.05, 3.63) is 34.7 Å². The molecule has 0 bridgehead atoms. The fourth-order valence-corrected chi connectivity index (χ4v) is 3.65. The van der Waals surface area contributed by atoms with E-state index in [2.05, 4.69) is 17.6 Å². The Bertz CT molecular complexity index is 582. The van der Waals surface area contributed by atoms with Gasteiger partial charge in [-0.2, -0.15) is 0 Å². The van der Waals surface area contributed by atoms with E-state index >= 15 is 0 Å². The molecular weight excluding hydrogens is 451 g/mol. The van der Waals surface area contributed by atoms with E-state index in [4.69, 9.17) is 4.99 Å². The van der Waals surface area contributed by atoms with E-state index < -0.39 is 0 Å². The zero-order valence-electron chi connectivity index (χ0n) is 16.8. The number of aryl methyl sites for hydroxylation is 1. The first-order valence-corrected chi connectivity index (χ1v) is 10.5. The van der Waals surface area contributed by atoms with Gasteiger partial charge in [0.15, 0.2) is 5.96 Å². The molecule has 0 atom stereocenters. The van der Waals surface area contributed by atoms with Crippen LogP contribution in [0.3, 0.4) is 0 Å². The summed E-state index contributed by atoms with van der Waals surface area (Å²) < 4.78 is 1.77. The fraction of sp³-hybridized carbons (Fsp3) is 0.714. The first kappa shape index (κ1) is 24.0. The summed E-state index contributed by atoms with van der Waals surface area (Å²) in [6.45, 7) is 5.55. The van der Waals surface area contributed by atoms with E-state index in [1.807, 2.05) is 12.3 Å². The van der Waals surface area contributed by atoms with Crippen molar-refractivity contribution in [1.82, 2.24) is 15.2 Å². The van der Waals surface area contributed by atoms with Crippen LogP contribution in [-0.2, 0) is 6.54 Å². The molecule has 0 unspecified atom stereocenters. The van der Waals surface area contributed by atoms with E-state index in [1.165, 1.54) is 44.9 Å². The molecule has 27 heavy (non-hydrogen) atoms. The molecule has 2 N–H and O–H groups in total. The van der Waals surface area contributed by atoms with Gasteiger partial charge in [0.05, 0.1) is 0 Å². The molecule has 6 heteroatoms. The monoisotopic (exact) mass is 488 g/mol. The lowest BCUT2D eigenvalue weighted by atomic mass is 9.86. The molecule has 0 saturated heterocycles. The molecule has 1 aromatic heterocycles. The second kappa shape index (κ2) is 14.9. The van der Waals surface area contributed by atoms with Crippen molar-refractivity contribution in [1.29, 1.82) is 0 Å². The van der Waals surface area contributed by atoms with Crippen LogP contribution in [0.1, 0.15) is 64.7 Å². The molecule has 1 aromatic rings. The Morgan fingerprint density at radius 2 is 1.96 bits per heavy atom. The number of aromatic nitrogens is 1. The van der Waals surface area contributed by atoms with Crippen LogP contribution in [0.15, 0.2) is 34.2 Å². The molecule has 0 radical (unpaired) electrons. The van der Waals surface area contributed by atoms with E-state index in [0.29, 0.717) is 0 Å². The number of rotatable bonds is 10. The summed E-state index contributed by atoms with van der Waals surface area (Å²) in [5.74, 6) is 1.86. The molecule has 0 spiro atoms. The lowest BCUT2D eigenvalue weighted by Crippen LogP contribution is -2.38. The average Bonchev–Trinajstić information content (AvgIpc) is 2.67. The quantitative estimate of drug-likeness (QED) is 0.225. The van der Waals surface area contributed by atoms with Crippen LogP contribution in [0.2, 0.25) is 0 Å². The Labute approximate surface area is 181 Å². The predicted octanol–water partition coefficient (Wildman–Crippen LogP) is 4.16. The van der Waals surface area contributed by atoms with Gasteiger partial charge >= 0.3 is 0 Å².